The van der Waals surface area contributed by atoms with Gasteiger partial charge in [0.05, 0.1) is 5.60 Å². The average molecular weight is 393 g/mol. The van der Waals surface area contributed by atoms with E-state index in [1.54, 1.807) is 0 Å². The quantitative estimate of drug-likeness (QED) is 0.440. The Labute approximate surface area is 175 Å². The zero-order valence-corrected chi connectivity index (χ0v) is 20.0. The molecular formula is C25H35BOP. The summed E-state index contributed by atoms with van der Waals surface area (Å²) in [5.41, 5.74) is 6.61. The molecule has 0 saturated heterocycles. The molecule has 1 aliphatic rings. The first-order valence-corrected chi connectivity index (χ1v) is 10.9. The summed E-state index contributed by atoms with van der Waals surface area (Å²) in [7, 11) is 4.99. The van der Waals surface area contributed by atoms with Gasteiger partial charge in [0, 0.05) is 10.6 Å². The summed E-state index contributed by atoms with van der Waals surface area (Å²) in [6, 6.07) is 15.5. The Hall–Kier alpha value is -1.11. The summed E-state index contributed by atoms with van der Waals surface area (Å²) in [5, 5.41) is -0.0199. The molecule has 0 saturated carbocycles. The fraction of sp³-hybridized carbons (Fsp3) is 0.520. The van der Waals surface area contributed by atoms with Gasteiger partial charge in [0.1, 0.15) is 0 Å². The molecular weight excluding hydrogens is 358 g/mol. The fourth-order valence-corrected chi connectivity index (χ4v) is 5.14. The van der Waals surface area contributed by atoms with Crippen molar-refractivity contribution >= 4 is 22.2 Å². The summed E-state index contributed by atoms with van der Waals surface area (Å²) in [4.78, 5) is 0. The van der Waals surface area contributed by atoms with Crippen molar-refractivity contribution in [3.8, 4) is 11.1 Å². The predicted octanol–water partition coefficient (Wildman–Crippen LogP) is 6.10. The maximum atomic E-state index is 6.39. The van der Waals surface area contributed by atoms with Gasteiger partial charge in [0.2, 0.25) is 0 Å². The van der Waals surface area contributed by atoms with Crippen molar-refractivity contribution in [2.24, 2.45) is 5.41 Å². The number of rotatable bonds is 5. The predicted molar refractivity (Wildman–Crippen MR) is 127 cm³/mol. The highest BCUT2D eigenvalue weighted by Gasteiger charge is 2.41. The minimum atomic E-state index is -0.289. The third kappa shape index (κ3) is 3.96. The molecule has 2 unspecified atom stereocenters. The molecule has 0 amide bonds. The van der Waals surface area contributed by atoms with Crippen LogP contribution in [-0.4, -0.2) is 18.2 Å². The topological polar surface area (TPSA) is 9.23 Å². The van der Waals surface area contributed by atoms with Gasteiger partial charge >= 0.3 is 7.48 Å². The number of benzene rings is 2. The van der Waals surface area contributed by atoms with Crippen molar-refractivity contribution in [1.82, 2.24) is 0 Å². The van der Waals surface area contributed by atoms with Gasteiger partial charge in [-0.1, -0.05) is 89.5 Å². The Morgan fingerprint density at radius 1 is 0.893 bits per heavy atom. The standard InChI is InChI=1S/C25H35BOP/c1-22(2,3)16-25(8,28)24(6,7)27-26-17-13-14-19-18-11-9-10-12-20(18)23(4,5)21(19)15-17/h9-15H,16,28H2,1-8H3. The van der Waals surface area contributed by atoms with Gasteiger partial charge in [-0.25, -0.2) is 0 Å². The van der Waals surface area contributed by atoms with Gasteiger partial charge in [-0.3, -0.25) is 0 Å². The number of fused-ring (bicyclic) bond motifs is 3. The molecule has 0 aliphatic heterocycles. The first kappa shape index (κ1) is 21.6. The summed E-state index contributed by atoms with van der Waals surface area (Å²) in [6.45, 7) is 18.1. The van der Waals surface area contributed by atoms with Crippen molar-refractivity contribution in [3.05, 3.63) is 53.6 Å². The average Bonchev–Trinajstić information content (AvgIpc) is 2.79. The zero-order chi connectivity index (χ0) is 21.0. The number of hydrogen-bond acceptors (Lipinski definition) is 1. The lowest BCUT2D eigenvalue weighted by molar-refractivity contribution is 0.0574. The summed E-state index contributed by atoms with van der Waals surface area (Å²) >= 11 is 0. The van der Waals surface area contributed by atoms with Gasteiger partial charge in [0.25, 0.3) is 0 Å². The van der Waals surface area contributed by atoms with Crippen LogP contribution in [-0.2, 0) is 10.1 Å². The van der Waals surface area contributed by atoms with E-state index >= 15 is 0 Å². The lowest BCUT2D eigenvalue weighted by Crippen LogP contribution is -2.49. The maximum Gasteiger partial charge on any atom is 0.330 e. The monoisotopic (exact) mass is 393 g/mol. The molecule has 0 bridgehead atoms. The van der Waals surface area contributed by atoms with Crippen LogP contribution in [0.5, 0.6) is 0 Å². The van der Waals surface area contributed by atoms with E-state index in [4.69, 9.17) is 4.65 Å². The van der Waals surface area contributed by atoms with Crippen LogP contribution in [0.2, 0.25) is 0 Å². The van der Waals surface area contributed by atoms with Crippen LogP contribution >= 0.6 is 9.24 Å². The largest absolute Gasteiger partial charge is 0.429 e. The van der Waals surface area contributed by atoms with Gasteiger partial charge in [0.15, 0.2) is 0 Å². The molecule has 0 spiro atoms. The van der Waals surface area contributed by atoms with Crippen LogP contribution in [0.25, 0.3) is 11.1 Å². The molecule has 2 atom stereocenters. The Bertz CT molecular complexity index is 874. The Morgan fingerprint density at radius 3 is 2.14 bits per heavy atom. The van der Waals surface area contributed by atoms with E-state index in [9.17, 15) is 0 Å². The first-order chi connectivity index (χ1) is 12.7. The van der Waals surface area contributed by atoms with E-state index in [0.29, 0.717) is 0 Å². The summed E-state index contributed by atoms with van der Waals surface area (Å²) in [6.07, 6.45) is 1.07. The second kappa shape index (κ2) is 7.00. The van der Waals surface area contributed by atoms with E-state index in [0.717, 1.165) is 11.9 Å². The molecule has 28 heavy (non-hydrogen) atoms. The molecule has 149 valence electrons. The van der Waals surface area contributed by atoms with Crippen LogP contribution in [0, 0.1) is 5.41 Å². The van der Waals surface area contributed by atoms with Crippen LogP contribution < -0.4 is 5.46 Å². The Kier molecular flexibility index (Phi) is 5.40. The van der Waals surface area contributed by atoms with Crippen molar-refractivity contribution in [2.45, 2.75) is 78.0 Å². The smallest absolute Gasteiger partial charge is 0.330 e. The minimum Gasteiger partial charge on any atom is -0.429 e. The second-order valence-electron chi connectivity index (χ2n) is 10.9. The third-order valence-corrected chi connectivity index (χ3v) is 7.27. The number of hydrogen-bond donors (Lipinski definition) is 0. The lowest BCUT2D eigenvalue weighted by Gasteiger charge is -2.45. The molecule has 0 fully saturated rings. The maximum absolute atomic E-state index is 6.39. The summed E-state index contributed by atoms with van der Waals surface area (Å²) < 4.78 is 6.39. The first-order valence-electron chi connectivity index (χ1n) is 10.3. The molecule has 3 heteroatoms. The van der Waals surface area contributed by atoms with E-state index in [1.165, 1.54) is 22.3 Å². The van der Waals surface area contributed by atoms with E-state index < -0.39 is 0 Å². The van der Waals surface area contributed by atoms with Crippen LogP contribution in [0.1, 0.15) is 72.9 Å². The Morgan fingerprint density at radius 2 is 1.50 bits per heavy atom. The third-order valence-electron chi connectivity index (χ3n) is 6.37. The van der Waals surface area contributed by atoms with Gasteiger partial charge in [-0.2, -0.15) is 0 Å². The highest BCUT2D eigenvalue weighted by atomic mass is 31.0. The van der Waals surface area contributed by atoms with E-state index in [1.807, 2.05) is 7.48 Å². The molecule has 1 nitrogen and oxygen atoms in total. The van der Waals surface area contributed by atoms with Crippen molar-refractivity contribution in [2.75, 3.05) is 0 Å². The van der Waals surface area contributed by atoms with Gasteiger partial charge in [-0.05, 0) is 47.9 Å². The van der Waals surface area contributed by atoms with Crippen molar-refractivity contribution < 1.29 is 4.65 Å². The van der Waals surface area contributed by atoms with Crippen LogP contribution in [0.15, 0.2) is 42.5 Å². The molecule has 3 rings (SSSR count). The SMILES string of the molecule is CC(C)(C)CC(C)(P)C(C)(C)O[B]c1ccc2c(c1)C(C)(C)c1ccccc1-2. The lowest BCUT2D eigenvalue weighted by atomic mass is 9.75. The summed E-state index contributed by atoms with van der Waals surface area (Å²) in [5.74, 6) is 0. The molecule has 1 radical (unpaired) electrons. The molecule has 0 aromatic heterocycles. The van der Waals surface area contributed by atoms with Crippen LogP contribution in [0.4, 0.5) is 0 Å². The minimum absolute atomic E-state index is 0.0199. The highest BCUT2D eigenvalue weighted by Crippen LogP contribution is 2.48. The van der Waals surface area contributed by atoms with E-state index in [2.05, 4.69) is 107 Å². The molecule has 0 N–H and O–H groups in total. The molecule has 0 heterocycles. The molecule has 2 aromatic carbocycles. The van der Waals surface area contributed by atoms with Crippen LogP contribution in [0.3, 0.4) is 0 Å². The van der Waals surface area contributed by atoms with Crippen molar-refractivity contribution in [3.63, 3.8) is 0 Å². The van der Waals surface area contributed by atoms with Gasteiger partial charge in [-0.15, -0.1) is 9.24 Å². The zero-order valence-electron chi connectivity index (χ0n) is 18.8. The normalized spacial score (nSPS) is 17.6. The molecule has 2 aromatic rings. The molecule has 1 aliphatic carbocycles. The van der Waals surface area contributed by atoms with Gasteiger partial charge < -0.3 is 4.65 Å². The highest BCUT2D eigenvalue weighted by molar-refractivity contribution is 7.19. The fourth-order valence-electron chi connectivity index (χ4n) is 4.46. The van der Waals surface area contributed by atoms with Crippen molar-refractivity contribution in [1.29, 1.82) is 0 Å². The Balaban J connectivity index is 1.82. The van der Waals surface area contributed by atoms with E-state index in [-0.39, 0.29) is 21.6 Å². The second-order valence-corrected chi connectivity index (χ2v) is 12.2.